The van der Waals surface area contributed by atoms with Crippen LogP contribution in [0.5, 0.6) is 17.2 Å². The third-order valence-electron chi connectivity index (χ3n) is 6.82. The zero-order valence-electron chi connectivity index (χ0n) is 30.4. The van der Waals surface area contributed by atoms with Crippen LogP contribution in [0.2, 0.25) is 0 Å². The average Bonchev–Trinajstić information content (AvgIpc) is 3.19. The summed E-state index contributed by atoms with van der Waals surface area (Å²) in [4.78, 5) is 46.9. The largest absolute Gasteiger partial charge is 3.00 e. The quantitative estimate of drug-likeness (QED) is 0.0606. The molecule has 9 nitrogen and oxygen atoms in total. The van der Waals surface area contributed by atoms with Crippen LogP contribution in [-0.2, 0) is 34.5 Å². The van der Waals surface area contributed by atoms with Gasteiger partial charge in [-0.15, -0.1) is 89.5 Å². The van der Waals surface area contributed by atoms with Crippen molar-refractivity contribution in [2.24, 2.45) is 0 Å². The average molecular weight is 907 g/mol. The van der Waals surface area contributed by atoms with E-state index in [-0.39, 0.29) is 20.1 Å². The topological polar surface area (TPSA) is 118 Å². The number of ether oxygens (including phenoxy) is 3. The van der Waals surface area contributed by atoms with Crippen molar-refractivity contribution in [1.82, 2.24) is 15.0 Å². The summed E-state index contributed by atoms with van der Waals surface area (Å²) in [6, 6.07) is 41.3. The van der Waals surface area contributed by atoms with E-state index in [1.54, 1.807) is 94.0 Å². The standard InChI is InChI=1S/3C15H12NO2.Ir/c3*1-11(2)15(17)18-13-7-5-6-12(10-13)14-8-3-4-9-16-14;/h3*3-5,7-10H,1H2,2H3;/q3*-1;+3. The number of hydrogen-bond acceptors (Lipinski definition) is 9. The van der Waals surface area contributed by atoms with Gasteiger partial charge in [0.1, 0.15) is 0 Å². The van der Waals surface area contributed by atoms with Gasteiger partial charge in [0, 0.05) is 35.3 Å². The van der Waals surface area contributed by atoms with Crippen molar-refractivity contribution in [3.63, 3.8) is 0 Å². The fraction of sp³-hybridized carbons (Fsp3) is 0.0667. The number of carbonyl (C=O) groups is 3. The normalized spacial score (nSPS) is 9.65. The van der Waals surface area contributed by atoms with Crippen molar-refractivity contribution in [2.75, 3.05) is 0 Å². The molecule has 10 heteroatoms. The SMILES string of the molecule is C=C(C)C(=O)Oc1cc[c-]c(-c2ccccn2)c1.C=C(C)C(=O)Oc1cc[c-]c(-c2ccccn2)c1.C=C(C)C(=O)Oc1cc[c-]c(-c2ccccn2)c1.[Ir+3]. The van der Waals surface area contributed by atoms with E-state index in [0.29, 0.717) is 34.0 Å². The van der Waals surface area contributed by atoms with Crippen LogP contribution in [0.15, 0.2) is 164 Å². The molecule has 0 saturated carbocycles. The molecule has 0 fully saturated rings. The van der Waals surface area contributed by atoms with Crippen molar-refractivity contribution >= 4 is 17.9 Å². The molecule has 0 aliphatic carbocycles. The predicted molar refractivity (Wildman–Crippen MR) is 207 cm³/mol. The molecule has 0 unspecified atom stereocenters. The third-order valence-corrected chi connectivity index (χ3v) is 6.82. The first kappa shape index (κ1) is 42.8. The van der Waals surface area contributed by atoms with E-state index in [2.05, 4.69) is 52.9 Å². The van der Waals surface area contributed by atoms with E-state index in [9.17, 15) is 14.4 Å². The molecular weight excluding hydrogens is 871 g/mol. The predicted octanol–water partition coefficient (Wildman–Crippen LogP) is 9.09. The molecule has 6 aromatic rings. The summed E-state index contributed by atoms with van der Waals surface area (Å²) in [7, 11) is 0. The van der Waals surface area contributed by atoms with E-state index in [1.807, 2.05) is 54.6 Å². The van der Waals surface area contributed by atoms with Gasteiger partial charge in [0.15, 0.2) is 0 Å². The van der Waals surface area contributed by atoms with Gasteiger partial charge in [-0.2, -0.15) is 0 Å². The van der Waals surface area contributed by atoms with Crippen LogP contribution in [-0.4, -0.2) is 32.9 Å². The number of esters is 3. The molecule has 0 atom stereocenters. The molecule has 3 heterocycles. The Morgan fingerprint density at radius 3 is 0.964 bits per heavy atom. The van der Waals surface area contributed by atoms with Crippen LogP contribution in [0.4, 0.5) is 0 Å². The van der Waals surface area contributed by atoms with Gasteiger partial charge < -0.3 is 29.2 Å². The second kappa shape index (κ2) is 21.8. The second-order valence-corrected chi connectivity index (χ2v) is 11.5. The molecule has 0 aliphatic heterocycles. The van der Waals surface area contributed by atoms with Crippen LogP contribution < -0.4 is 14.2 Å². The van der Waals surface area contributed by atoms with Crippen molar-refractivity contribution in [2.45, 2.75) is 20.8 Å². The zero-order valence-corrected chi connectivity index (χ0v) is 32.8. The molecule has 0 bridgehead atoms. The van der Waals surface area contributed by atoms with E-state index in [0.717, 1.165) is 33.8 Å². The molecular formula is C45H36IrN3O6. The van der Waals surface area contributed by atoms with Crippen LogP contribution >= 0.6 is 0 Å². The summed E-state index contributed by atoms with van der Waals surface area (Å²) >= 11 is 0. The number of aromatic nitrogens is 3. The molecule has 55 heavy (non-hydrogen) atoms. The van der Waals surface area contributed by atoms with Gasteiger partial charge in [0.25, 0.3) is 0 Å². The molecule has 0 radical (unpaired) electrons. The number of pyridine rings is 3. The Morgan fingerprint density at radius 1 is 0.473 bits per heavy atom. The van der Waals surface area contributed by atoms with Crippen LogP contribution in [0.25, 0.3) is 33.8 Å². The first-order chi connectivity index (χ1) is 26.0. The molecule has 3 aromatic heterocycles. The van der Waals surface area contributed by atoms with Gasteiger partial charge in [-0.3, -0.25) is 0 Å². The third kappa shape index (κ3) is 14.0. The Balaban J connectivity index is 0.000000220. The maximum Gasteiger partial charge on any atom is 3.00 e. The smallest absolute Gasteiger partial charge is 0.443 e. The molecule has 0 aliphatic rings. The van der Waals surface area contributed by atoms with Gasteiger partial charge in [0.05, 0.1) is 17.2 Å². The van der Waals surface area contributed by atoms with E-state index >= 15 is 0 Å². The maximum atomic E-state index is 11.4. The first-order valence-corrected chi connectivity index (χ1v) is 16.4. The number of hydrogen-bond donors (Lipinski definition) is 0. The van der Waals surface area contributed by atoms with Gasteiger partial charge in [-0.25, -0.2) is 14.4 Å². The zero-order chi connectivity index (χ0) is 38.9. The van der Waals surface area contributed by atoms with E-state index in [1.165, 1.54) is 0 Å². The van der Waals surface area contributed by atoms with Crippen LogP contribution in [0.3, 0.4) is 0 Å². The monoisotopic (exact) mass is 907 g/mol. The Kier molecular flexibility index (Phi) is 17.0. The van der Waals surface area contributed by atoms with Crippen molar-refractivity contribution in [1.29, 1.82) is 0 Å². The minimum absolute atomic E-state index is 0. The van der Waals surface area contributed by atoms with Crippen LogP contribution in [0.1, 0.15) is 20.8 Å². The number of benzene rings is 3. The molecule has 6 rings (SSSR count). The summed E-state index contributed by atoms with van der Waals surface area (Å²) in [5.74, 6) is 0.0710. The molecule has 276 valence electrons. The summed E-state index contributed by atoms with van der Waals surface area (Å²) in [6.07, 6.45) is 5.11. The minimum atomic E-state index is -0.437. The molecule has 3 aromatic carbocycles. The fourth-order valence-electron chi connectivity index (χ4n) is 4.12. The van der Waals surface area contributed by atoms with Gasteiger partial charge >= 0.3 is 38.0 Å². The summed E-state index contributed by atoms with van der Waals surface area (Å²) in [5.41, 5.74) is 5.78. The number of nitrogens with zero attached hydrogens (tertiary/aromatic N) is 3. The molecule has 0 saturated heterocycles. The Bertz CT molecular complexity index is 1990. The molecule has 0 N–H and O–H groups in total. The fourth-order valence-corrected chi connectivity index (χ4v) is 4.12. The Labute approximate surface area is 334 Å². The Morgan fingerprint density at radius 2 is 0.745 bits per heavy atom. The van der Waals surface area contributed by atoms with Crippen molar-refractivity contribution in [3.05, 3.63) is 182 Å². The molecule has 0 spiro atoms. The summed E-state index contributed by atoms with van der Waals surface area (Å²) < 4.78 is 15.5. The second-order valence-electron chi connectivity index (χ2n) is 11.5. The number of carbonyl (C=O) groups excluding carboxylic acids is 3. The van der Waals surface area contributed by atoms with Gasteiger partial charge in [-0.1, -0.05) is 56.1 Å². The Hall–Kier alpha value is -6.61. The summed E-state index contributed by atoms with van der Waals surface area (Å²) in [6.45, 7) is 15.4. The molecule has 0 amide bonds. The van der Waals surface area contributed by atoms with E-state index < -0.39 is 17.9 Å². The maximum absolute atomic E-state index is 11.4. The minimum Gasteiger partial charge on any atom is -0.443 e. The van der Waals surface area contributed by atoms with Gasteiger partial charge in [-0.05, 0) is 56.1 Å². The van der Waals surface area contributed by atoms with Crippen molar-refractivity contribution < 1.29 is 48.7 Å². The van der Waals surface area contributed by atoms with Crippen LogP contribution in [0, 0.1) is 18.2 Å². The summed E-state index contributed by atoms with van der Waals surface area (Å²) in [5, 5.41) is 0. The first-order valence-electron chi connectivity index (χ1n) is 16.4. The van der Waals surface area contributed by atoms with E-state index in [4.69, 9.17) is 14.2 Å². The number of rotatable bonds is 9. The van der Waals surface area contributed by atoms with Crippen molar-refractivity contribution in [3.8, 4) is 51.0 Å². The van der Waals surface area contributed by atoms with Gasteiger partial charge in [0.2, 0.25) is 0 Å².